The highest BCUT2D eigenvalue weighted by Crippen LogP contribution is 2.45. The average Bonchev–Trinajstić information content (AvgIpc) is 3.79. The summed E-state index contributed by atoms with van der Waals surface area (Å²) in [4.78, 5) is 5.35. The van der Waals surface area contributed by atoms with E-state index in [-0.39, 0.29) is 5.41 Å². The van der Waals surface area contributed by atoms with E-state index in [1.807, 2.05) is 116 Å². The number of nitrogens with zero attached hydrogens (tertiary/aromatic N) is 2. The Morgan fingerprint density at radius 2 is 1.21 bits per heavy atom. The van der Waals surface area contributed by atoms with Crippen molar-refractivity contribution in [2.24, 2.45) is 4.99 Å². The third kappa shape index (κ3) is 7.12. The average molecular weight is 703 g/mol. The Morgan fingerprint density at radius 1 is 0.660 bits per heavy atom. The summed E-state index contributed by atoms with van der Waals surface area (Å²) >= 11 is 0. The molecule has 1 aliphatic rings. The van der Waals surface area contributed by atoms with Crippen LogP contribution in [0.1, 0.15) is 54.3 Å². The molecule has 0 saturated carbocycles. The monoisotopic (exact) mass is 702 g/mol. The Hall–Kier alpha value is -5.95. The van der Waals surface area contributed by atoms with Crippen molar-refractivity contribution >= 4 is 24.3 Å². The Morgan fingerprint density at radius 3 is 1.75 bits per heavy atom. The molecule has 6 aromatic rings. The van der Waals surface area contributed by atoms with Gasteiger partial charge in [0.05, 0.1) is 31.3 Å². The molecule has 0 N–H and O–H groups in total. The van der Waals surface area contributed by atoms with Gasteiger partial charge in [-0.1, -0.05) is 129 Å². The molecule has 0 unspecified atom stereocenters. The summed E-state index contributed by atoms with van der Waals surface area (Å²) < 4.78 is 43.9. The molecule has 0 fully saturated rings. The first-order chi connectivity index (χ1) is 25.5. The standard InChI is InChI=1S/C46H41BF2N2O2/c1-30-12-14-34(15-13-30)42-29-40(32-20-26-38(53-6)27-21-32)45(51(42)47(48)49)43(35-10-8-7-9-11-35)44-39(31-18-24-37(52-5)25-19-31)28-41(50-44)33-16-22-36(23-17-33)46(2,3)4/h7-29H,1-6H3/b44-43-. The van der Waals surface area contributed by atoms with Crippen molar-refractivity contribution in [2.75, 3.05) is 14.2 Å². The summed E-state index contributed by atoms with van der Waals surface area (Å²) in [6.07, 6.45) is 2.07. The lowest BCUT2D eigenvalue weighted by Gasteiger charge is -2.19. The molecule has 0 bridgehead atoms. The zero-order chi connectivity index (χ0) is 37.3. The number of benzene rings is 5. The molecule has 2 heterocycles. The normalized spacial score (nSPS) is 13.7. The second kappa shape index (κ2) is 14.6. The quantitative estimate of drug-likeness (QED) is 0.141. The van der Waals surface area contributed by atoms with E-state index in [2.05, 4.69) is 51.1 Å². The van der Waals surface area contributed by atoms with Gasteiger partial charge in [-0.2, -0.15) is 0 Å². The molecule has 0 spiro atoms. The number of methoxy groups -OCH3 is 2. The maximum absolute atomic E-state index is 15.9. The van der Waals surface area contributed by atoms with Gasteiger partial charge in [-0.15, -0.1) is 0 Å². The summed E-state index contributed by atoms with van der Waals surface area (Å²) in [5.41, 5.74) is 10.5. The molecule has 53 heavy (non-hydrogen) atoms. The number of aliphatic imine (C=N–C) groups is 1. The molecule has 7 rings (SSSR count). The molecule has 0 atom stereocenters. The van der Waals surface area contributed by atoms with Crippen LogP contribution in [0.25, 0.3) is 33.5 Å². The van der Waals surface area contributed by atoms with E-state index in [4.69, 9.17) is 14.5 Å². The number of aromatic nitrogens is 1. The molecular weight excluding hydrogens is 661 g/mol. The highest BCUT2D eigenvalue weighted by atomic mass is 19.2. The van der Waals surface area contributed by atoms with Crippen LogP contribution >= 0.6 is 0 Å². The second-order valence-electron chi connectivity index (χ2n) is 14.2. The van der Waals surface area contributed by atoms with E-state index >= 15 is 8.63 Å². The van der Waals surface area contributed by atoms with Crippen LogP contribution in [0.15, 0.2) is 150 Å². The Labute approximate surface area is 311 Å². The largest absolute Gasteiger partial charge is 0.678 e. The zero-order valence-corrected chi connectivity index (χ0v) is 30.8. The van der Waals surface area contributed by atoms with Crippen molar-refractivity contribution in [2.45, 2.75) is 33.1 Å². The Bertz CT molecular complexity index is 2330. The van der Waals surface area contributed by atoms with Crippen molar-refractivity contribution < 1.29 is 18.1 Å². The number of rotatable bonds is 9. The first kappa shape index (κ1) is 35.5. The summed E-state index contributed by atoms with van der Waals surface area (Å²) in [5.74, 6) is 1.40. The van der Waals surface area contributed by atoms with Gasteiger partial charge in [0.2, 0.25) is 0 Å². The van der Waals surface area contributed by atoms with Gasteiger partial charge in [-0.05, 0) is 76.6 Å². The molecule has 264 valence electrons. The number of halogens is 2. The third-order valence-corrected chi connectivity index (χ3v) is 9.73. The van der Waals surface area contributed by atoms with Crippen LogP contribution in [0.3, 0.4) is 0 Å². The molecule has 7 heteroatoms. The topological polar surface area (TPSA) is 35.8 Å². The third-order valence-electron chi connectivity index (χ3n) is 9.73. The lowest BCUT2D eigenvalue weighted by molar-refractivity contribution is 0.414. The molecule has 4 nitrogen and oxygen atoms in total. The van der Waals surface area contributed by atoms with Gasteiger partial charge in [0.1, 0.15) is 11.5 Å². The SMILES string of the molecule is COc1ccc(C2=CC(c3ccc(C(C)(C)C)cc3)=N/C2=C(/c2ccccc2)c2c(-c3ccc(OC)cc3)cc(-c3ccc(C)cc3)n2B(F)F)cc1. The van der Waals surface area contributed by atoms with Gasteiger partial charge in [0.25, 0.3) is 0 Å². The van der Waals surface area contributed by atoms with Crippen LogP contribution in [0.5, 0.6) is 11.5 Å². The molecular formula is C46H41BF2N2O2. The fourth-order valence-electron chi connectivity index (χ4n) is 6.80. The highest BCUT2D eigenvalue weighted by molar-refractivity contribution is 6.42. The van der Waals surface area contributed by atoms with Crippen molar-refractivity contribution in [1.82, 2.24) is 4.48 Å². The van der Waals surface area contributed by atoms with Crippen LogP contribution in [0.2, 0.25) is 0 Å². The number of aryl methyl sites for hydroxylation is 1. The predicted octanol–water partition coefficient (Wildman–Crippen LogP) is 11.6. The lowest BCUT2D eigenvalue weighted by Crippen LogP contribution is -2.18. The maximum atomic E-state index is 15.9. The van der Waals surface area contributed by atoms with Crippen molar-refractivity contribution in [3.8, 4) is 33.9 Å². The first-order valence-electron chi connectivity index (χ1n) is 17.7. The van der Waals surface area contributed by atoms with Crippen LogP contribution in [-0.2, 0) is 5.41 Å². The fraction of sp³-hybridized carbons (Fsp3) is 0.152. The number of allylic oxidation sites excluding steroid dienone is 2. The Kier molecular flexibility index (Phi) is 9.76. The minimum absolute atomic E-state index is 0.0145. The van der Waals surface area contributed by atoms with E-state index in [0.29, 0.717) is 39.5 Å². The Balaban J connectivity index is 1.59. The van der Waals surface area contributed by atoms with Crippen molar-refractivity contribution in [1.29, 1.82) is 0 Å². The van der Waals surface area contributed by atoms with Gasteiger partial charge in [0, 0.05) is 28.0 Å². The summed E-state index contributed by atoms with van der Waals surface area (Å²) in [6, 6.07) is 43.1. The molecule has 1 aliphatic heterocycles. The van der Waals surface area contributed by atoms with Gasteiger partial charge in [0.15, 0.2) is 0 Å². The minimum Gasteiger partial charge on any atom is -0.497 e. The summed E-state index contributed by atoms with van der Waals surface area (Å²) in [7, 11) is 0.382. The molecule has 0 aliphatic carbocycles. The summed E-state index contributed by atoms with van der Waals surface area (Å²) in [5, 5.41) is 0. The minimum atomic E-state index is -2.86. The fourth-order valence-corrected chi connectivity index (χ4v) is 6.80. The molecule has 0 amide bonds. The number of ether oxygens (including phenoxy) is 2. The number of hydrogen-bond acceptors (Lipinski definition) is 3. The molecule has 0 radical (unpaired) electrons. The van der Waals surface area contributed by atoms with Crippen LogP contribution in [0, 0.1) is 6.92 Å². The molecule has 1 aromatic heterocycles. The zero-order valence-electron chi connectivity index (χ0n) is 30.8. The van der Waals surface area contributed by atoms with Crippen LogP contribution in [0.4, 0.5) is 8.63 Å². The van der Waals surface area contributed by atoms with Gasteiger partial charge in [-0.25, -0.2) is 4.99 Å². The predicted molar refractivity (Wildman–Crippen MR) is 215 cm³/mol. The van der Waals surface area contributed by atoms with Crippen LogP contribution in [-0.4, -0.2) is 31.8 Å². The summed E-state index contributed by atoms with van der Waals surface area (Å²) in [6.45, 7) is 8.55. The first-order valence-corrected chi connectivity index (χ1v) is 17.7. The van der Waals surface area contributed by atoms with E-state index in [0.717, 1.165) is 49.3 Å². The van der Waals surface area contributed by atoms with E-state index in [1.54, 1.807) is 14.2 Å². The van der Waals surface area contributed by atoms with E-state index in [9.17, 15) is 0 Å². The smallest absolute Gasteiger partial charge is 0.497 e. The van der Waals surface area contributed by atoms with Crippen molar-refractivity contribution in [3.05, 3.63) is 179 Å². The maximum Gasteiger partial charge on any atom is 0.678 e. The second-order valence-corrected chi connectivity index (χ2v) is 14.2. The van der Waals surface area contributed by atoms with E-state index < -0.39 is 7.40 Å². The van der Waals surface area contributed by atoms with Crippen LogP contribution < -0.4 is 9.47 Å². The van der Waals surface area contributed by atoms with E-state index in [1.165, 1.54) is 5.56 Å². The molecule has 0 saturated heterocycles. The van der Waals surface area contributed by atoms with Gasteiger partial charge >= 0.3 is 7.40 Å². The van der Waals surface area contributed by atoms with Crippen molar-refractivity contribution in [3.63, 3.8) is 0 Å². The number of hydrogen-bond donors (Lipinski definition) is 0. The van der Waals surface area contributed by atoms with Gasteiger partial charge in [-0.3, -0.25) is 8.63 Å². The highest BCUT2D eigenvalue weighted by Gasteiger charge is 2.33. The molecule has 5 aromatic carbocycles. The van der Waals surface area contributed by atoms with Gasteiger partial charge < -0.3 is 14.0 Å². The lowest BCUT2D eigenvalue weighted by atomic mass is 9.86.